The third-order valence-electron chi connectivity index (χ3n) is 4.84. The average Bonchev–Trinajstić information content (AvgIpc) is 3.17. The van der Waals surface area contributed by atoms with Crippen molar-refractivity contribution in [1.82, 2.24) is 0 Å². The molecule has 1 aliphatic rings. The number of methoxy groups -OCH3 is 1. The fourth-order valence-corrected chi connectivity index (χ4v) is 3.26. The summed E-state index contributed by atoms with van der Waals surface area (Å²) in [6, 6.07) is 17.9. The van der Waals surface area contributed by atoms with Gasteiger partial charge in [0.1, 0.15) is 11.9 Å². The lowest BCUT2D eigenvalue weighted by atomic mass is 10.1. The second kappa shape index (κ2) is 10.8. The normalized spacial score (nSPS) is 17.3. The molecule has 1 heterocycles. The molecule has 0 bridgehead atoms. The molecular formula is C23H28O5. The predicted molar refractivity (Wildman–Crippen MR) is 106 cm³/mol. The first-order valence-electron chi connectivity index (χ1n) is 9.80. The molecule has 1 saturated heterocycles. The number of cyclic esters (lactones) is 1. The van der Waals surface area contributed by atoms with Crippen molar-refractivity contribution >= 4 is 5.97 Å². The molecule has 1 aliphatic heterocycles. The quantitative estimate of drug-likeness (QED) is 0.427. The standard InChI is InChI=1S/C23H28O5/c1-25-20-11-9-19(10-12-20)16-26-15-5-8-21(22-13-14-23(24)28-22)27-17-18-6-3-2-4-7-18/h2-4,6-7,9-12,21-22H,5,8,13-17H2,1H3/t21-,22-/m0/s1. The summed E-state index contributed by atoms with van der Waals surface area (Å²) in [6.07, 6.45) is 2.60. The number of rotatable bonds is 11. The largest absolute Gasteiger partial charge is 0.497 e. The lowest BCUT2D eigenvalue weighted by molar-refractivity contribution is -0.148. The number of esters is 1. The van der Waals surface area contributed by atoms with Gasteiger partial charge in [-0.25, -0.2) is 0 Å². The molecule has 2 atom stereocenters. The summed E-state index contributed by atoms with van der Waals surface area (Å²) >= 11 is 0. The van der Waals surface area contributed by atoms with E-state index in [1.165, 1.54) is 0 Å². The van der Waals surface area contributed by atoms with Crippen LogP contribution in [-0.4, -0.2) is 31.9 Å². The Labute approximate surface area is 166 Å². The lowest BCUT2D eigenvalue weighted by Crippen LogP contribution is -2.29. The zero-order valence-electron chi connectivity index (χ0n) is 16.3. The molecule has 0 saturated carbocycles. The first kappa shape index (κ1) is 20.4. The molecule has 0 spiro atoms. The highest BCUT2D eigenvalue weighted by Gasteiger charge is 2.31. The maximum atomic E-state index is 11.5. The van der Waals surface area contributed by atoms with Gasteiger partial charge < -0.3 is 18.9 Å². The summed E-state index contributed by atoms with van der Waals surface area (Å²) in [5.74, 6) is 0.710. The molecule has 150 valence electrons. The Morgan fingerprint density at radius 3 is 2.46 bits per heavy atom. The highest BCUT2D eigenvalue weighted by Crippen LogP contribution is 2.23. The van der Waals surface area contributed by atoms with E-state index in [0.29, 0.717) is 26.2 Å². The van der Waals surface area contributed by atoms with E-state index in [0.717, 1.165) is 36.1 Å². The Bertz CT molecular complexity index is 714. The predicted octanol–water partition coefficient (Wildman–Crippen LogP) is 4.28. The zero-order chi connectivity index (χ0) is 19.6. The van der Waals surface area contributed by atoms with Crippen LogP contribution in [0.1, 0.15) is 36.8 Å². The van der Waals surface area contributed by atoms with E-state index in [9.17, 15) is 4.79 Å². The van der Waals surface area contributed by atoms with Gasteiger partial charge in [0.05, 0.1) is 26.4 Å². The van der Waals surface area contributed by atoms with Gasteiger partial charge in [-0.15, -0.1) is 0 Å². The summed E-state index contributed by atoms with van der Waals surface area (Å²) in [4.78, 5) is 11.5. The van der Waals surface area contributed by atoms with Crippen LogP contribution in [-0.2, 0) is 32.2 Å². The van der Waals surface area contributed by atoms with Crippen molar-refractivity contribution < 1.29 is 23.7 Å². The number of carbonyl (C=O) groups is 1. The Morgan fingerprint density at radius 1 is 1.04 bits per heavy atom. The Morgan fingerprint density at radius 2 is 1.79 bits per heavy atom. The van der Waals surface area contributed by atoms with Crippen LogP contribution >= 0.6 is 0 Å². The zero-order valence-corrected chi connectivity index (χ0v) is 16.3. The second-order valence-corrected chi connectivity index (χ2v) is 6.94. The van der Waals surface area contributed by atoms with Crippen molar-refractivity contribution in [1.29, 1.82) is 0 Å². The molecule has 0 unspecified atom stereocenters. The summed E-state index contributed by atoms with van der Waals surface area (Å²) < 4.78 is 22.5. The van der Waals surface area contributed by atoms with E-state index in [4.69, 9.17) is 18.9 Å². The molecule has 0 N–H and O–H groups in total. The van der Waals surface area contributed by atoms with Crippen molar-refractivity contribution in [2.24, 2.45) is 0 Å². The highest BCUT2D eigenvalue weighted by atomic mass is 16.6. The molecule has 5 heteroatoms. The fourth-order valence-electron chi connectivity index (χ4n) is 3.26. The molecule has 1 fully saturated rings. The molecule has 0 radical (unpaired) electrons. The number of hydrogen-bond acceptors (Lipinski definition) is 5. The van der Waals surface area contributed by atoms with Crippen LogP contribution in [0.5, 0.6) is 5.75 Å². The van der Waals surface area contributed by atoms with Crippen LogP contribution in [0.4, 0.5) is 0 Å². The second-order valence-electron chi connectivity index (χ2n) is 6.94. The van der Waals surface area contributed by atoms with Gasteiger partial charge in [0, 0.05) is 13.0 Å². The maximum Gasteiger partial charge on any atom is 0.306 e. The van der Waals surface area contributed by atoms with Crippen molar-refractivity contribution in [2.45, 2.75) is 51.1 Å². The van der Waals surface area contributed by atoms with Gasteiger partial charge in [-0.05, 0) is 42.5 Å². The van der Waals surface area contributed by atoms with Gasteiger partial charge >= 0.3 is 5.97 Å². The van der Waals surface area contributed by atoms with Gasteiger partial charge in [0.15, 0.2) is 0 Å². The van der Waals surface area contributed by atoms with Gasteiger partial charge in [-0.3, -0.25) is 4.79 Å². The monoisotopic (exact) mass is 384 g/mol. The summed E-state index contributed by atoms with van der Waals surface area (Å²) in [5.41, 5.74) is 2.23. The summed E-state index contributed by atoms with van der Waals surface area (Å²) in [6.45, 7) is 1.72. The van der Waals surface area contributed by atoms with Gasteiger partial charge in [-0.1, -0.05) is 42.5 Å². The van der Waals surface area contributed by atoms with Gasteiger partial charge in [-0.2, -0.15) is 0 Å². The molecule has 28 heavy (non-hydrogen) atoms. The van der Waals surface area contributed by atoms with E-state index in [-0.39, 0.29) is 18.2 Å². The number of ether oxygens (including phenoxy) is 4. The molecule has 3 rings (SSSR count). The molecule has 2 aromatic rings. The molecular weight excluding hydrogens is 356 g/mol. The number of benzene rings is 2. The van der Waals surface area contributed by atoms with Crippen molar-refractivity contribution in [3.63, 3.8) is 0 Å². The first-order chi connectivity index (χ1) is 13.7. The van der Waals surface area contributed by atoms with Gasteiger partial charge in [0.25, 0.3) is 0 Å². The average molecular weight is 384 g/mol. The van der Waals surface area contributed by atoms with Gasteiger partial charge in [0.2, 0.25) is 0 Å². The van der Waals surface area contributed by atoms with Crippen LogP contribution in [0.25, 0.3) is 0 Å². The van der Waals surface area contributed by atoms with Crippen LogP contribution < -0.4 is 4.74 Å². The minimum atomic E-state index is -0.155. The van der Waals surface area contributed by atoms with Crippen LogP contribution in [0.3, 0.4) is 0 Å². The minimum Gasteiger partial charge on any atom is -0.497 e. The van der Waals surface area contributed by atoms with E-state index >= 15 is 0 Å². The SMILES string of the molecule is COc1ccc(COCCC[C@H](OCc2ccccc2)[C@@H]2CCC(=O)O2)cc1. The van der Waals surface area contributed by atoms with Crippen molar-refractivity contribution in [2.75, 3.05) is 13.7 Å². The summed E-state index contributed by atoms with van der Waals surface area (Å²) in [5, 5.41) is 0. The van der Waals surface area contributed by atoms with Crippen molar-refractivity contribution in [3.8, 4) is 5.75 Å². The van der Waals surface area contributed by atoms with Crippen LogP contribution in [0.15, 0.2) is 54.6 Å². The van der Waals surface area contributed by atoms with Crippen molar-refractivity contribution in [3.05, 3.63) is 65.7 Å². The Balaban J connectivity index is 1.42. The highest BCUT2D eigenvalue weighted by molar-refractivity contribution is 5.71. The number of hydrogen-bond donors (Lipinski definition) is 0. The van der Waals surface area contributed by atoms with E-state index < -0.39 is 0 Å². The molecule has 0 aliphatic carbocycles. The summed E-state index contributed by atoms with van der Waals surface area (Å²) in [7, 11) is 1.66. The third-order valence-corrected chi connectivity index (χ3v) is 4.84. The number of carbonyl (C=O) groups excluding carboxylic acids is 1. The molecule has 5 nitrogen and oxygen atoms in total. The molecule has 2 aromatic carbocycles. The molecule has 0 amide bonds. The molecule has 0 aromatic heterocycles. The smallest absolute Gasteiger partial charge is 0.306 e. The van der Waals surface area contributed by atoms with Crippen LogP contribution in [0.2, 0.25) is 0 Å². The Hall–Kier alpha value is -2.37. The van der Waals surface area contributed by atoms with Crippen LogP contribution in [0, 0.1) is 0 Å². The first-order valence-corrected chi connectivity index (χ1v) is 9.80. The van der Waals surface area contributed by atoms with E-state index in [1.54, 1.807) is 7.11 Å². The Kier molecular flexibility index (Phi) is 7.88. The fraction of sp³-hybridized carbons (Fsp3) is 0.435. The van der Waals surface area contributed by atoms with E-state index in [1.807, 2.05) is 54.6 Å². The van der Waals surface area contributed by atoms with E-state index in [2.05, 4.69) is 0 Å². The topological polar surface area (TPSA) is 54.0 Å². The minimum absolute atomic E-state index is 0.101. The maximum absolute atomic E-state index is 11.5. The lowest BCUT2D eigenvalue weighted by Gasteiger charge is -2.23. The third kappa shape index (κ3) is 6.36.